The average Bonchev–Trinajstić information content (AvgIpc) is 3.20. The van der Waals surface area contributed by atoms with Crippen LogP contribution in [-0.2, 0) is 6.42 Å². The summed E-state index contributed by atoms with van der Waals surface area (Å²) in [7, 11) is 0. The molecule has 0 aliphatic rings. The number of aromatic amines is 1. The summed E-state index contributed by atoms with van der Waals surface area (Å²) in [5.41, 5.74) is 3.54. The summed E-state index contributed by atoms with van der Waals surface area (Å²) in [5.74, 6) is -0.0902. The molecule has 6 heteroatoms. The van der Waals surface area contributed by atoms with E-state index in [4.69, 9.17) is 0 Å². The first-order valence-electron chi connectivity index (χ1n) is 6.24. The Morgan fingerprint density at radius 1 is 1.40 bits per heavy atom. The Labute approximate surface area is 124 Å². The number of carbonyl (C=O) groups excluding carboxylic acids is 1. The number of nitrogens with one attached hydrogen (secondary N) is 2. The lowest BCUT2D eigenvalue weighted by molar-refractivity contribution is 0.103. The molecule has 0 aromatic carbocycles. The molecule has 20 heavy (non-hydrogen) atoms. The number of thiophene rings is 2. The molecule has 0 radical (unpaired) electrons. The monoisotopic (exact) mass is 303 g/mol. The van der Waals surface area contributed by atoms with Crippen LogP contribution < -0.4 is 5.32 Å². The Kier molecular flexibility index (Phi) is 3.66. The molecule has 0 atom stereocenters. The minimum atomic E-state index is -0.0902. The van der Waals surface area contributed by atoms with Crippen LogP contribution in [0.2, 0.25) is 0 Å². The molecule has 2 N–H and O–H groups in total. The van der Waals surface area contributed by atoms with Crippen molar-refractivity contribution in [2.45, 2.75) is 13.3 Å². The van der Waals surface area contributed by atoms with Gasteiger partial charge in [-0.3, -0.25) is 9.89 Å². The third kappa shape index (κ3) is 2.39. The van der Waals surface area contributed by atoms with Gasteiger partial charge in [0.2, 0.25) is 0 Å². The van der Waals surface area contributed by atoms with Crippen molar-refractivity contribution in [3.8, 4) is 11.3 Å². The van der Waals surface area contributed by atoms with E-state index in [1.807, 2.05) is 41.3 Å². The lowest BCUT2D eigenvalue weighted by atomic mass is 10.1. The Morgan fingerprint density at radius 3 is 2.95 bits per heavy atom. The van der Waals surface area contributed by atoms with Gasteiger partial charge in [0.05, 0.1) is 16.3 Å². The first-order valence-corrected chi connectivity index (χ1v) is 8.06. The maximum atomic E-state index is 12.2. The molecule has 0 saturated heterocycles. The second-order valence-electron chi connectivity index (χ2n) is 4.22. The maximum absolute atomic E-state index is 12.2. The minimum Gasteiger partial charge on any atom is -0.318 e. The number of aromatic nitrogens is 2. The third-order valence-corrected chi connectivity index (χ3v) is 4.52. The summed E-state index contributed by atoms with van der Waals surface area (Å²) in [6, 6.07) is 5.69. The van der Waals surface area contributed by atoms with Crippen molar-refractivity contribution in [2.24, 2.45) is 0 Å². The Bertz CT molecular complexity index is 699. The Balaban J connectivity index is 1.95. The van der Waals surface area contributed by atoms with E-state index < -0.39 is 0 Å². The summed E-state index contributed by atoms with van der Waals surface area (Å²) in [6.45, 7) is 2.03. The number of carbonyl (C=O) groups is 1. The molecule has 4 nitrogen and oxygen atoms in total. The topological polar surface area (TPSA) is 57.8 Å². The molecule has 3 heterocycles. The standard InChI is InChI=1S/C14H13N3OS2/c1-2-10-13(15-14(18)11-4-3-6-20-11)12(17-16-10)9-5-7-19-8-9/h3-8H,2H2,1H3,(H,15,18)(H,16,17). The molecule has 3 aromatic rings. The van der Waals surface area contributed by atoms with Gasteiger partial charge in [0, 0.05) is 10.9 Å². The van der Waals surface area contributed by atoms with Crippen LogP contribution in [0.15, 0.2) is 34.3 Å². The van der Waals surface area contributed by atoms with Crippen molar-refractivity contribution in [1.29, 1.82) is 0 Å². The summed E-state index contributed by atoms with van der Waals surface area (Å²) in [4.78, 5) is 12.9. The van der Waals surface area contributed by atoms with Gasteiger partial charge in [-0.1, -0.05) is 13.0 Å². The molecule has 0 aliphatic carbocycles. The van der Waals surface area contributed by atoms with E-state index in [2.05, 4.69) is 15.5 Å². The summed E-state index contributed by atoms with van der Waals surface area (Å²) in [5, 5.41) is 16.2. The molecule has 1 amide bonds. The zero-order valence-electron chi connectivity index (χ0n) is 10.8. The minimum absolute atomic E-state index is 0.0902. The molecule has 0 unspecified atom stereocenters. The number of rotatable bonds is 4. The van der Waals surface area contributed by atoms with Crippen LogP contribution in [-0.4, -0.2) is 16.1 Å². The first kappa shape index (κ1) is 13.1. The Hall–Kier alpha value is -1.92. The van der Waals surface area contributed by atoms with Crippen molar-refractivity contribution in [2.75, 3.05) is 5.32 Å². The summed E-state index contributed by atoms with van der Waals surface area (Å²) < 4.78 is 0. The van der Waals surface area contributed by atoms with Crippen LogP contribution in [0, 0.1) is 0 Å². The van der Waals surface area contributed by atoms with Crippen molar-refractivity contribution >= 4 is 34.3 Å². The lowest BCUT2D eigenvalue weighted by Crippen LogP contribution is -2.11. The van der Waals surface area contributed by atoms with Gasteiger partial charge in [0.1, 0.15) is 5.69 Å². The molecule has 0 spiro atoms. The zero-order chi connectivity index (χ0) is 13.9. The smallest absolute Gasteiger partial charge is 0.265 e. The van der Waals surface area contributed by atoms with Crippen LogP contribution in [0.5, 0.6) is 0 Å². The third-order valence-electron chi connectivity index (χ3n) is 2.97. The number of hydrogen-bond donors (Lipinski definition) is 2. The van der Waals surface area contributed by atoms with Crippen LogP contribution in [0.4, 0.5) is 5.69 Å². The van der Waals surface area contributed by atoms with Crippen LogP contribution in [0.25, 0.3) is 11.3 Å². The van der Waals surface area contributed by atoms with E-state index in [-0.39, 0.29) is 5.91 Å². The molecule has 0 saturated carbocycles. The van der Waals surface area contributed by atoms with Gasteiger partial charge in [-0.05, 0) is 29.3 Å². The van der Waals surface area contributed by atoms with E-state index >= 15 is 0 Å². The number of anilines is 1. The van der Waals surface area contributed by atoms with E-state index in [9.17, 15) is 4.79 Å². The highest BCUT2D eigenvalue weighted by Gasteiger charge is 2.17. The molecular weight excluding hydrogens is 290 g/mol. The number of aryl methyl sites for hydroxylation is 1. The highest BCUT2D eigenvalue weighted by molar-refractivity contribution is 7.12. The average molecular weight is 303 g/mol. The fourth-order valence-corrected chi connectivity index (χ4v) is 3.22. The summed E-state index contributed by atoms with van der Waals surface area (Å²) >= 11 is 3.04. The number of nitrogens with zero attached hydrogens (tertiary/aromatic N) is 1. The molecule has 3 aromatic heterocycles. The van der Waals surface area contributed by atoms with E-state index in [0.29, 0.717) is 4.88 Å². The molecule has 0 aliphatic heterocycles. The largest absolute Gasteiger partial charge is 0.318 e. The molecule has 102 valence electrons. The predicted octanol–water partition coefficient (Wildman–Crippen LogP) is 4.01. The Morgan fingerprint density at radius 2 is 2.30 bits per heavy atom. The molecule has 0 fully saturated rings. The second-order valence-corrected chi connectivity index (χ2v) is 5.95. The molecular formula is C14H13N3OS2. The van der Waals surface area contributed by atoms with Gasteiger partial charge < -0.3 is 5.32 Å². The molecule has 0 bridgehead atoms. The maximum Gasteiger partial charge on any atom is 0.265 e. The van der Waals surface area contributed by atoms with Gasteiger partial charge in [0.15, 0.2) is 0 Å². The predicted molar refractivity (Wildman–Crippen MR) is 83.6 cm³/mol. The number of hydrogen-bond acceptors (Lipinski definition) is 4. The van der Waals surface area contributed by atoms with Crippen molar-refractivity contribution in [1.82, 2.24) is 10.2 Å². The summed E-state index contributed by atoms with van der Waals surface area (Å²) in [6.07, 6.45) is 0.789. The molecule has 3 rings (SSSR count). The first-order chi connectivity index (χ1) is 9.79. The van der Waals surface area contributed by atoms with Gasteiger partial charge in [0.25, 0.3) is 5.91 Å². The number of amides is 1. The fourth-order valence-electron chi connectivity index (χ4n) is 1.96. The second kappa shape index (κ2) is 5.60. The van der Waals surface area contributed by atoms with Crippen molar-refractivity contribution in [3.63, 3.8) is 0 Å². The van der Waals surface area contributed by atoms with E-state index in [1.54, 1.807) is 11.3 Å². The zero-order valence-corrected chi connectivity index (χ0v) is 12.5. The fraction of sp³-hybridized carbons (Fsp3) is 0.143. The van der Waals surface area contributed by atoms with Crippen LogP contribution in [0.1, 0.15) is 22.3 Å². The van der Waals surface area contributed by atoms with Gasteiger partial charge >= 0.3 is 0 Å². The van der Waals surface area contributed by atoms with Gasteiger partial charge in [-0.15, -0.1) is 11.3 Å². The van der Waals surface area contributed by atoms with Gasteiger partial charge in [-0.2, -0.15) is 16.4 Å². The lowest BCUT2D eigenvalue weighted by Gasteiger charge is -2.05. The normalized spacial score (nSPS) is 10.7. The highest BCUT2D eigenvalue weighted by Crippen LogP contribution is 2.31. The van der Waals surface area contributed by atoms with Crippen LogP contribution in [0.3, 0.4) is 0 Å². The van der Waals surface area contributed by atoms with E-state index in [1.165, 1.54) is 11.3 Å². The quantitative estimate of drug-likeness (QED) is 0.765. The highest BCUT2D eigenvalue weighted by atomic mass is 32.1. The van der Waals surface area contributed by atoms with E-state index in [0.717, 1.165) is 29.1 Å². The van der Waals surface area contributed by atoms with Crippen LogP contribution >= 0.6 is 22.7 Å². The number of H-pyrrole nitrogens is 1. The van der Waals surface area contributed by atoms with Crippen molar-refractivity contribution < 1.29 is 4.79 Å². The van der Waals surface area contributed by atoms with Crippen molar-refractivity contribution in [3.05, 3.63) is 44.9 Å². The van der Waals surface area contributed by atoms with Gasteiger partial charge in [-0.25, -0.2) is 0 Å². The SMILES string of the molecule is CCc1[nH]nc(-c2ccsc2)c1NC(=O)c1cccs1.